The van der Waals surface area contributed by atoms with Crippen molar-refractivity contribution in [1.82, 2.24) is 15.1 Å². The van der Waals surface area contributed by atoms with E-state index in [9.17, 15) is 0 Å². The highest BCUT2D eigenvalue weighted by Crippen LogP contribution is 2.21. The van der Waals surface area contributed by atoms with Crippen molar-refractivity contribution in [2.24, 2.45) is 0 Å². The van der Waals surface area contributed by atoms with Gasteiger partial charge < -0.3 is 10.2 Å². The molecule has 3 fully saturated rings. The summed E-state index contributed by atoms with van der Waals surface area (Å²) in [6.07, 6.45) is 9.88. The third-order valence-electron chi connectivity index (χ3n) is 5.09. The van der Waals surface area contributed by atoms with Crippen molar-refractivity contribution < 1.29 is 0 Å². The Bertz CT molecular complexity index is 244. The van der Waals surface area contributed by atoms with Gasteiger partial charge in [-0.1, -0.05) is 0 Å². The predicted molar refractivity (Wildman–Crippen MR) is 75.9 cm³/mol. The van der Waals surface area contributed by atoms with E-state index in [-0.39, 0.29) is 0 Å². The molecule has 2 atom stereocenters. The van der Waals surface area contributed by atoms with Crippen LogP contribution in [0.3, 0.4) is 0 Å². The molecule has 3 saturated heterocycles. The molecular formula is C15H29N3. The molecule has 3 heteroatoms. The summed E-state index contributed by atoms with van der Waals surface area (Å²) in [4.78, 5) is 5.44. The van der Waals surface area contributed by atoms with E-state index in [0.717, 1.165) is 12.1 Å². The summed E-state index contributed by atoms with van der Waals surface area (Å²) in [5.74, 6) is 0. The van der Waals surface area contributed by atoms with Gasteiger partial charge >= 0.3 is 0 Å². The Hall–Kier alpha value is -0.120. The fourth-order valence-electron chi connectivity index (χ4n) is 3.98. The first-order chi connectivity index (χ1) is 8.92. The highest BCUT2D eigenvalue weighted by molar-refractivity contribution is 4.85. The van der Waals surface area contributed by atoms with Crippen molar-refractivity contribution in [2.75, 3.05) is 39.3 Å². The van der Waals surface area contributed by atoms with Crippen LogP contribution in [0.15, 0.2) is 0 Å². The molecule has 18 heavy (non-hydrogen) atoms. The Kier molecular flexibility index (Phi) is 4.55. The number of nitrogens with zero attached hydrogens (tertiary/aromatic N) is 2. The molecule has 1 N–H and O–H groups in total. The SMILES string of the molecule is C1CNC(CCCN2CCC(N3CCCC3)C2)C1. The summed E-state index contributed by atoms with van der Waals surface area (Å²) in [7, 11) is 0. The molecule has 0 spiro atoms. The zero-order valence-corrected chi connectivity index (χ0v) is 11.7. The van der Waals surface area contributed by atoms with Crippen molar-refractivity contribution in [3.05, 3.63) is 0 Å². The molecular weight excluding hydrogens is 222 g/mol. The normalized spacial score (nSPS) is 34.7. The van der Waals surface area contributed by atoms with Gasteiger partial charge in [0.2, 0.25) is 0 Å². The van der Waals surface area contributed by atoms with Gasteiger partial charge in [0.15, 0.2) is 0 Å². The van der Waals surface area contributed by atoms with Crippen LogP contribution in [0.1, 0.15) is 44.9 Å². The van der Waals surface area contributed by atoms with Gasteiger partial charge in [-0.15, -0.1) is 0 Å². The van der Waals surface area contributed by atoms with Gasteiger partial charge in [0, 0.05) is 18.6 Å². The molecule has 0 aromatic heterocycles. The number of hydrogen-bond donors (Lipinski definition) is 1. The predicted octanol–water partition coefficient (Wildman–Crippen LogP) is 1.69. The number of likely N-dealkylation sites (tertiary alicyclic amines) is 2. The molecule has 0 aliphatic carbocycles. The van der Waals surface area contributed by atoms with Crippen molar-refractivity contribution in [3.8, 4) is 0 Å². The minimum Gasteiger partial charge on any atom is -0.314 e. The number of rotatable bonds is 5. The third kappa shape index (κ3) is 3.25. The summed E-state index contributed by atoms with van der Waals surface area (Å²) in [5.41, 5.74) is 0. The van der Waals surface area contributed by atoms with Crippen molar-refractivity contribution in [1.29, 1.82) is 0 Å². The van der Waals surface area contributed by atoms with Crippen LogP contribution in [0.4, 0.5) is 0 Å². The first-order valence-corrected chi connectivity index (χ1v) is 8.11. The molecule has 0 radical (unpaired) electrons. The maximum Gasteiger partial charge on any atom is 0.0235 e. The molecule has 3 aliphatic rings. The summed E-state index contributed by atoms with van der Waals surface area (Å²) >= 11 is 0. The van der Waals surface area contributed by atoms with Crippen molar-refractivity contribution in [3.63, 3.8) is 0 Å². The van der Waals surface area contributed by atoms with E-state index < -0.39 is 0 Å². The quantitative estimate of drug-likeness (QED) is 0.802. The highest BCUT2D eigenvalue weighted by Gasteiger charge is 2.28. The Morgan fingerprint density at radius 2 is 1.89 bits per heavy atom. The van der Waals surface area contributed by atoms with E-state index in [1.807, 2.05) is 0 Å². The fraction of sp³-hybridized carbons (Fsp3) is 1.00. The van der Waals surface area contributed by atoms with Gasteiger partial charge in [-0.25, -0.2) is 0 Å². The molecule has 0 bridgehead atoms. The van der Waals surface area contributed by atoms with Crippen LogP contribution in [0.2, 0.25) is 0 Å². The van der Waals surface area contributed by atoms with Crippen LogP contribution in [-0.2, 0) is 0 Å². The Balaban J connectivity index is 1.32. The monoisotopic (exact) mass is 251 g/mol. The minimum absolute atomic E-state index is 0.835. The first-order valence-electron chi connectivity index (χ1n) is 8.11. The van der Waals surface area contributed by atoms with Crippen LogP contribution < -0.4 is 5.32 Å². The standard InChI is InChI=1S/C15H29N3/c1-2-11-18(10-1)15-7-12-17(13-15)9-4-6-14-5-3-8-16-14/h14-16H,1-13H2. The highest BCUT2D eigenvalue weighted by atomic mass is 15.3. The zero-order valence-electron chi connectivity index (χ0n) is 11.7. The van der Waals surface area contributed by atoms with E-state index in [0.29, 0.717) is 0 Å². The van der Waals surface area contributed by atoms with Gasteiger partial charge in [0.25, 0.3) is 0 Å². The van der Waals surface area contributed by atoms with E-state index in [2.05, 4.69) is 15.1 Å². The molecule has 3 rings (SSSR count). The summed E-state index contributed by atoms with van der Waals surface area (Å²) in [6.45, 7) is 8.01. The molecule has 0 saturated carbocycles. The van der Waals surface area contributed by atoms with Crippen LogP contribution in [-0.4, -0.2) is 61.2 Å². The number of nitrogens with one attached hydrogen (secondary N) is 1. The molecule has 104 valence electrons. The van der Waals surface area contributed by atoms with Crippen LogP contribution in [0.5, 0.6) is 0 Å². The molecule has 3 aliphatic heterocycles. The van der Waals surface area contributed by atoms with Crippen LogP contribution in [0.25, 0.3) is 0 Å². The first kappa shape index (κ1) is 12.9. The second-order valence-electron chi connectivity index (χ2n) is 6.42. The van der Waals surface area contributed by atoms with Gasteiger partial charge in [0.05, 0.1) is 0 Å². The lowest BCUT2D eigenvalue weighted by atomic mass is 10.1. The lowest BCUT2D eigenvalue weighted by Crippen LogP contribution is -2.35. The lowest BCUT2D eigenvalue weighted by Gasteiger charge is -2.23. The molecule has 3 heterocycles. The Morgan fingerprint density at radius 1 is 1.00 bits per heavy atom. The smallest absolute Gasteiger partial charge is 0.0235 e. The second kappa shape index (κ2) is 6.36. The minimum atomic E-state index is 0.835. The van der Waals surface area contributed by atoms with E-state index in [1.165, 1.54) is 84.2 Å². The lowest BCUT2D eigenvalue weighted by molar-refractivity contribution is 0.230. The maximum atomic E-state index is 3.61. The average molecular weight is 251 g/mol. The average Bonchev–Trinajstić information content (AvgIpc) is 3.12. The van der Waals surface area contributed by atoms with E-state index in [1.54, 1.807) is 0 Å². The fourth-order valence-corrected chi connectivity index (χ4v) is 3.98. The zero-order chi connectivity index (χ0) is 12.2. The molecule has 0 amide bonds. The van der Waals surface area contributed by atoms with Crippen LogP contribution >= 0.6 is 0 Å². The second-order valence-corrected chi connectivity index (χ2v) is 6.42. The Morgan fingerprint density at radius 3 is 2.67 bits per heavy atom. The van der Waals surface area contributed by atoms with E-state index in [4.69, 9.17) is 0 Å². The number of hydrogen-bond acceptors (Lipinski definition) is 3. The third-order valence-corrected chi connectivity index (χ3v) is 5.09. The molecule has 0 aromatic carbocycles. The Labute approximate surface area is 112 Å². The van der Waals surface area contributed by atoms with Gasteiger partial charge in [-0.05, 0) is 77.7 Å². The maximum absolute atomic E-state index is 3.61. The molecule has 3 nitrogen and oxygen atoms in total. The topological polar surface area (TPSA) is 18.5 Å². The summed E-state index contributed by atoms with van der Waals surface area (Å²) in [6, 6.07) is 1.72. The van der Waals surface area contributed by atoms with Crippen LogP contribution in [0, 0.1) is 0 Å². The van der Waals surface area contributed by atoms with Gasteiger partial charge in [0.1, 0.15) is 0 Å². The van der Waals surface area contributed by atoms with Crippen molar-refractivity contribution >= 4 is 0 Å². The largest absolute Gasteiger partial charge is 0.314 e. The molecule has 2 unspecified atom stereocenters. The summed E-state index contributed by atoms with van der Waals surface area (Å²) < 4.78 is 0. The summed E-state index contributed by atoms with van der Waals surface area (Å²) in [5, 5.41) is 3.61. The van der Waals surface area contributed by atoms with Gasteiger partial charge in [-0.2, -0.15) is 0 Å². The van der Waals surface area contributed by atoms with Crippen molar-refractivity contribution in [2.45, 2.75) is 57.0 Å². The van der Waals surface area contributed by atoms with Gasteiger partial charge in [-0.3, -0.25) is 4.90 Å². The van der Waals surface area contributed by atoms with E-state index >= 15 is 0 Å². The molecule has 0 aromatic rings.